The van der Waals surface area contributed by atoms with Crippen molar-refractivity contribution in [2.24, 2.45) is 5.16 Å². The van der Waals surface area contributed by atoms with E-state index >= 15 is 0 Å². The fourth-order valence-electron chi connectivity index (χ4n) is 7.02. The molecule has 180 valence electrons. The minimum Gasteiger partial charge on any atom is -0.411 e. The first-order chi connectivity index (χ1) is 17.5. The molecule has 1 saturated heterocycles. The average Bonchev–Trinajstić information content (AvgIpc) is 3.48. The minimum atomic E-state index is -1.14. The number of oxime groups is 1. The molecule has 0 saturated carbocycles. The van der Waals surface area contributed by atoms with E-state index in [0.717, 1.165) is 43.6 Å². The lowest BCUT2D eigenvalue weighted by Gasteiger charge is -2.44. The van der Waals surface area contributed by atoms with Gasteiger partial charge in [-0.15, -0.1) is 0 Å². The van der Waals surface area contributed by atoms with Gasteiger partial charge in [-0.2, -0.15) is 0 Å². The van der Waals surface area contributed by atoms with Crippen LogP contribution in [0.25, 0.3) is 43.6 Å². The normalized spacial score (nSPS) is 28.0. The molecule has 3 aliphatic heterocycles. The summed E-state index contributed by atoms with van der Waals surface area (Å²) in [5, 5.41) is 30.9. The first-order valence-electron chi connectivity index (χ1n) is 11.9. The van der Waals surface area contributed by atoms with Gasteiger partial charge in [0, 0.05) is 40.6 Å². The summed E-state index contributed by atoms with van der Waals surface area (Å²) in [5.74, 6) is -0.300. The Morgan fingerprint density at radius 1 is 1.08 bits per heavy atom. The Hall–Kier alpha value is -3.92. The Morgan fingerprint density at radius 2 is 1.78 bits per heavy atom. The minimum absolute atomic E-state index is 0.300. The molecule has 0 aliphatic carbocycles. The molecule has 3 aromatic carbocycles. The highest BCUT2D eigenvalue weighted by Crippen LogP contribution is 2.54. The van der Waals surface area contributed by atoms with E-state index in [9.17, 15) is 15.1 Å². The molecule has 9 heteroatoms. The number of para-hydroxylation sites is 2. The van der Waals surface area contributed by atoms with Gasteiger partial charge in [-0.1, -0.05) is 41.6 Å². The molecule has 5 heterocycles. The number of carbonyl (C=O) groups excluding carboxylic acids is 1. The van der Waals surface area contributed by atoms with Crippen molar-refractivity contribution in [3.63, 3.8) is 0 Å². The van der Waals surface area contributed by atoms with E-state index in [1.165, 1.54) is 0 Å². The second-order valence-corrected chi connectivity index (χ2v) is 9.89. The number of benzene rings is 3. The van der Waals surface area contributed by atoms with E-state index in [4.69, 9.17) is 9.47 Å². The number of amides is 1. The number of aromatic nitrogens is 2. The molecule has 5 aromatic rings. The van der Waals surface area contributed by atoms with Gasteiger partial charge in [0.1, 0.15) is 12.3 Å². The standard InChI is InChI=1S/C27H22N4O5/c1-27-24(35-2)14(29-34)11-17(36-27)30-15-9-5-3-7-12(15)18-20-21(26(33)28-25(20)32)19-13-8-4-6-10-16(13)31(27)23(19)22(18)30/h3-10,17,24,26,33-34H,11H2,1-2H3,(H,28,32)/b29-14-. The van der Waals surface area contributed by atoms with Crippen LogP contribution in [0.4, 0.5) is 0 Å². The highest BCUT2D eigenvalue weighted by molar-refractivity contribution is 6.31. The lowest BCUT2D eigenvalue weighted by molar-refractivity contribution is -0.211. The Bertz CT molecular complexity index is 1850. The van der Waals surface area contributed by atoms with Crippen LogP contribution in [0, 0.1) is 0 Å². The van der Waals surface area contributed by atoms with Crippen LogP contribution in [0.3, 0.4) is 0 Å². The van der Waals surface area contributed by atoms with Crippen LogP contribution in [0.15, 0.2) is 53.7 Å². The van der Waals surface area contributed by atoms with Gasteiger partial charge in [-0.05, 0) is 19.1 Å². The Labute approximate surface area is 204 Å². The van der Waals surface area contributed by atoms with Crippen LogP contribution >= 0.6 is 0 Å². The fraction of sp³-hybridized carbons (Fsp3) is 0.259. The smallest absolute Gasteiger partial charge is 0.254 e. The van der Waals surface area contributed by atoms with Crippen LogP contribution in [0.1, 0.15) is 41.7 Å². The predicted molar refractivity (Wildman–Crippen MR) is 133 cm³/mol. The molecule has 8 rings (SSSR count). The second-order valence-electron chi connectivity index (χ2n) is 9.89. The van der Waals surface area contributed by atoms with Crippen molar-refractivity contribution in [2.75, 3.05) is 7.11 Å². The molecule has 2 bridgehead atoms. The fourth-order valence-corrected chi connectivity index (χ4v) is 7.02. The quantitative estimate of drug-likeness (QED) is 0.246. The highest BCUT2D eigenvalue weighted by Gasteiger charge is 2.52. The molecule has 3 aliphatic rings. The number of hydrogen-bond donors (Lipinski definition) is 3. The summed E-state index contributed by atoms with van der Waals surface area (Å²) < 4.78 is 17.0. The zero-order valence-corrected chi connectivity index (χ0v) is 19.5. The van der Waals surface area contributed by atoms with E-state index in [1.54, 1.807) is 7.11 Å². The zero-order chi connectivity index (χ0) is 24.5. The van der Waals surface area contributed by atoms with Crippen molar-refractivity contribution in [1.82, 2.24) is 14.5 Å². The molecule has 36 heavy (non-hydrogen) atoms. The highest BCUT2D eigenvalue weighted by atomic mass is 16.6. The number of rotatable bonds is 1. The average molecular weight is 482 g/mol. The summed E-state index contributed by atoms with van der Waals surface area (Å²) in [5.41, 5.74) is 3.94. The molecular weight excluding hydrogens is 460 g/mol. The van der Waals surface area contributed by atoms with Crippen LogP contribution in [-0.2, 0) is 15.2 Å². The lowest BCUT2D eigenvalue weighted by Crippen LogP contribution is -2.54. The number of aliphatic hydroxyl groups excluding tert-OH is 1. The number of nitrogens with one attached hydrogen (secondary N) is 1. The maximum absolute atomic E-state index is 13.3. The third kappa shape index (κ3) is 2.06. The molecule has 1 fully saturated rings. The van der Waals surface area contributed by atoms with E-state index in [0.29, 0.717) is 23.3 Å². The van der Waals surface area contributed by atoms with E-state index in [2.05, 4.69) is 19.6 Å². The Morgan fingerprint density at radius 3 is 2.50 bits per heavy atom. The lowest BCUT2D eigenvalue weighted by atomic mass is 9.95. The number of aliphatic hydroxyl groups is 1. The van der Waals surface area contributed by atoms with Gasteiger partial charge >= 0.3 is 0 Å². The largest absolute Gasteiger partial charge is 0.411 e. The number of nitrogens with zero attached hydrogens (tertiary/aromatic N) is 3. The van der Waals surface area contributed by atoms with Gasteiger partial charge in [0.25, 0.3) is 5.91 Å². The maximum Gasteiger partial charge on any atom is 0.254 e. The van der Waals surface area contributed by atoms with Crippen molar-refractivity contribution in [3.05, 3.63) is 59.7 Å². The third-order valence-electron chi connectivity index (χ3n) is 8.21. The molecule has 3 N–H and O–H groups in total. The van der Waals surface area contributed by atoms with Crippen molar-refractivity contribution < 1.29 is 24.6 Å². The summed E-state index contributed by atoms with van der Waals surface area (Å²) in [6.07, 6.45) is -2.00. The Kier molecular flexibility index (Phi) is 3.63. The summed E-state index contributed by atoms with van der Waals surface area (Å²) in [6, 6.07) is 15.8. The van der Waals surface area contributed by atoms with Gasteiger partial charge in [0.2, 0.25) is 0 Å². The van der Waals surface area contributed by atoms with Gasteiger partial charge in [0.15, 0.2) is 12.0 Å². The van der Waals surface area contributed by atoms with Crippen LogP contribution in [-0.4, -0.2) is 44.3 Å². The summed E-state index contributed by atoms with van der Waals surface area (Å²) >= 11 is 0. The first-order valence-corrected chi connectivity index (χ1v) is 11.9. The van der Waals surface area contributed by atoms with Gasteiger partial charge in [-0.25, -0.2) is 0 Å². The topological polar surface area (TPSA) is 110 Å². The number of ether oxygens (including phenoxy) is 2. The van der Waals surface area contributed by atoms with Crippen molar-refractivity contribution in [3.8, 4) is 0 Å². The molecule has 0 spiro atoms. The number of fused-ring (bicyclic) bond motifs is 13. The molecule has 2 aromatic heterocycles. The van der Waals surface area contributed by atoms with Gasteiger partial charge < -0.3 is 34.2 Å². The van der Waals surface area contributed by atoms with Crippen molar-refractivity contribution in [1.29, 1.82) is 0 Å². The summed E-state index contributed by atoms with van der Waals surface area (Å²) in [6.45, 7) is 1.94. The summed E-state index contributed by atoms with van der Waals surface area (Å²) in [4.78, 5) is 13.3. The van der Waals surface area contributed by atoms with Crippen LogP contribution in [0.2, 0.25) is 0 Å². The van der Waals surface area contributed by atoms with Crippen LogP contribution in [0.5, 0.6) is 0 Å². The molecule has 0 radical (unpaired) electrons. The number of methoxy groups -OCH3 is 1. The first kappa shape index (κ1) is 20.3. The van der Waals surface area contributed by atoms with Gasteiger partial charge in [0.05, 0.1) is 33.3 Å². The SMILES string of the molecule is COC1/C(=N\O)CC2OC1(C)n1c3ccccc3c3c4c(c5c6ccccc6n2c5c31)C(=O)NC4O. The number of hydrogen-bond acceptors (Lipinski definition) is 6. The van der Waals surface area contributed by atoms with Crippen LogP contribution < -0.4 is 5.32 Å². The van der Waals surface area contributed by atoms with E-state index in [-0.39, 0.29) is 5.91 Å². The van der Waals surface area contributed by atoms with Crippen molar-refractivity contribution >= 4 is 55.2 Å². The molecule has 9 nitrogen and oxygen atoms in total. The predicted octanol–water partition coefficient (Wildman–Crippen LogP) is 4.09. The Balaban J connectivity index is 1.75. The monoisotopic (exact) mass is 482 g/mol. The van der Waals surface area contributed by atoms with E-state index in [1.807, 2.05) is 55.5 Å². The van der Waals surface area contributed by atoms with E-state index < -0.39 is 24.3 Å². The molecule has 1 amide bonds. The molecular formula is C27H22N4O5. The van der Waals surface area contributed by atoms with Crippen molar-refractivity contribution in [2.45, 2.75) is 37.6 Å². The third-order valence-corrected chi connectivity index (χ3v) is 8.21. The molecule has 4 unspecified atom stereocenters. The number of carbonyl (C=O) groups is 1. The second kappa shape index (κ2) is 6.44. The molecule has 4 atom stereocenters. The zero-order valence-electron chi connectivity index (χ0n) is 19.5. The van der Waals surface area contributed by atoms with Gasteiger partial charge in [-0.3, -0.25) is 4.79 Å². The summed E-state index contributed by atoms with van der Waals surface area (Å²) in [7, 11) is 1.58. The maximum atomic E-state index is 13.3.